The molecular weight excluding hydrogens is 396 g/mol. The monoisotopic (exact) mass is 414 g/mol. The Balaban J connectivity index is 1.58. The number of ether oxygens (including phenoxy) is 1. The first-order chi connectivity index (χ1) is 15.0. The second-order valence-corrected chi connectivity index (χ2v) is 7.36. The summed E-state index contributed by atoms with van der Waals surface area (Å²) in [6.45, 7) is 0. The fourth-order valence-electron chi connectivity index (χ4n) is 3.85. The van der Waals surface area contributed by atoms with Gasteiger partial charge < -0.3 is 10.1 Å². The molecule has 0 radical (unpaired) electrons. The highest BCUT2D eigenvalue weighted by Crippen LogP contribution is 2.42. The van der Waals surface area contributed by atoms with Crippen molar-refractivity contribution in [2.24, 2.45) is 14.1 Å². The highest BCUT2D eigenvalue weighted by atomic mass is 16.5. The number of amides is 1. The predicted molar refractivity (Wildman–Crippen MR) is 114 cm³/mol. The maximum atomic E-state index is 13.1. The number of hydrogen-bond donors (Lipinski definition) is 1. The normalized spacial score (nSPS) is 12.7. The summed E-state index contributed by atoms with van der Waals surface area (Å²) < 4.78 is 8.23. The Morgan fingerprint density at radius 3 is 2.16 bits per heavy atom. The van der Waals surface area contributed by atoms with Crippen LogP contribution in [0.4, 0.5) is 0 Å². The van der Waals surface area contributed by atoms with E-state index in [-0.39, 0.29) is 16.7 Å². The van der Waals surface area contributed by atoms with E-state index in [9.17, 15) is 14.4 Å². The molecule has 0 saturated carbocycles. The number of pyridine rings is 1. The average molecular weight is 414 g/mol. The van der Waals surface area contributed by atoms with E-state index >= 15 is 0 Å². The molecule has 1 N–H and O–H groups in total. The van der Waals surface area contributed by atoms with Crippen LogP contribution in [0.1, 0.15) is 27.7 Å². The molecule has 0 saturated heterocycles. The standard InChI is InChI=1S/C23H18N4O4/c1-26-20-15(22(29)27(2)23(26)30)11-12-16(24-20)21(28)25-19-13-7-3-5-9-17(13)31-18-10-6-4-8-14(18)19/h3-12,19H,1-2H3,(H,25,28). The summed E-state index contributed by atoms with van der Waals surface area (Å²) >= 11 is 0. The molecule has 2 aromatic heterocycles. The van der Waals surface area contributed by atoms with Gasteiger partial charge in [0.1, 0.15) is 22.8 Å². The number of nitrogens with zero attached hydrogens (tertiary/aromatic N) is 3. The molecule has 1 aliphatic rings. The van der Waals surface area contributed by atoms with Crippen molar-refractivity contribution in [2.75, 3.05) is 0 Å². The van der Waals surface area contributed by atoms with Crippen LogP contribution < -0.4 is 21.3 Å². The van der Waals surface area contributed by atoms with Gasteiger partial charge in [-0.25, -0.2) is 9.78 Å². The molecule has 0 unspecified atom stereocenters. The SMILES string of the molecule is Cn1c(=O)c2ccc(C(=O)NC3c4ccccc4Oc4ccccc43)nc2n(C)c1=O. The minimum atomic E-state index is -0.505. The molecule has 0 bridgehead atoms. The third-order valence-electron chi connectivity index (χ3n) is 5.49. The van der Waals surface area contributed by atoms with Gasteiger partial charge in [0.15, 0.2) is 0 Å². The lowest BCUT2D eigenvalue weighted by atomic mass is 9.94. The molecule has 1 aliphatic heterocycles. The summed E-state index contributed by atoms with van der Waals surface area (Å²) in [5.74, 6) is 0.916. The fourth-order valence-corrected chi connectivity index (χ4v) is 3.85. The second kappa shape index (κ2) is 6.94. The van der Waals surface area contributed by atoms with Crippen LogP contribution in [0.5, 0.6) is 11.5 Å². The van der Waals surface area contributed by atoms with Crippen molar-refractivity contribution in [1.82, 2.24) is 19.4 Å². The smallest absolute Gasteiger partial charge is 0.332 e. The van der Waals surface area contributed by atoms with Crippen molar-refractivity contribution in [3.05, 3.63) is 98.3 Å². The van der Waals surface area contributed by atoms with Crippen LogP contribution in [0.25, 0.3) is 11.0 Å². The first-order valence-electron chi connectivity index (χ1n) is 9.69. The largest absolute Gasteiger partial charge is 0.457 e. The number of para-hydroxylation sites is 2. The van der Waals surface area contributed by atoms with Crippen LogP contribution in [-0.2, 0) is 14.1 Å². The maximum Gasteiger partial charge on any atom is 0.332 e. The maximum absolute atomic E-state index is 13.1. The molecule has 5 rings (SSSR count). The van der Waals surface area contributed by atoms with E-state index in [1.54, 1.807) is 0 Å². The predicted octanol–water partition coefficient (Wildman–Crippen LogP) is 2.26. The number of aromatic nitrogens is 3. The Morgan fingerprint density at radius 1 is 0.903 bits per heavy atom. The number of fused-ring (bicyclic) bond motifs is 3. The number of hydrogen-bond acceptors (Lipinski definition) is 5. The van der Waals surface area contributed by atoms with Crippen LogP contribution >= 0.6 is 0 Å². The summed E-state index contributed by atoms with van der Waals surface area (Å²) in [6, 6.07) is 17.6. The zero-order chi connectivity index (χ0) is 21.7. The summed E-state index contributed by atoms with van der Waals surface area (Å²) in [5.41, 5.74) is 0.971. The van der Waals surface area contributed by atoms with E-state index in [2.05, 4.69) is 10.3 Å². The highest BCUT2D eigenvalue weighted by Gasteiger charge is 2.28. The number of carbonyl (C=O) groups excluding carboxylic acids is 1. The average Bonchev–Trinajstić information content (AvgIpc) is 2.80. The van der Waals surface area contributed by atoms with Gasteiger partial charge >= 0.3 is 5.69 Å². The zero-order valence-electron chi connectivity index (χ0n) is 16.8. The summed E-state index contributed by atoms with van der Waals surface area (Å²) in [7, 11) is 2.93. The molecule has 31 heavy (non-hydrogen) atoms. The van der Waals surface area contributed by atoms with Crippen LogP contribution in [0.3, 0.4) is 0 Å². The van der Waals surface area contributed by atoms with Crippen LogP contribution in [0, 0.1) is 0 Å². The molecule has 0 spiro atoms. The topological polar surface area (TPSA) is 95.2 Å². The van der Waals surface area contributed by atoms with Gasteiger partial charge in [0.05, 0.1) is 11.4 Å². The van der Waals surface area contributed by atoms with Gasteiger partial charge in [0.2, 0.25) is 0 Å². The molecule has 4 aromatic rings. The highest BCUT2D eigenvalue weighted by molar-refractivity contribution is 5.95. The Bertz CT molecular complexity index is 1440. The van der Waals surface area contributed by atoms with Gasteiger partial charge in [-0.3, -0.25) is 18.7 Å². The number of nitrogens with one attached hydrogen (secondary N) is 1. The van der Waals surface area contributed by atoms with E-state index in [0.717, 1.165) is 15.7 Å². The Morgan fingerprint density at radius 2 is 1.52 bits per heavy atom. The molecular formula is C23H18N4O4. The Kier molecular flexibility index (Phi) is 4.21. The third-order valence-corrected chi connectivity index (χ3v) is 5.49. The van der Waals surface area contributed by atoms with Gasteiger partial charge in [-0.1, -0.05) is 36.4 Å². The van der Waals surface area contributed by atoms with Gasteiger partial charge in [-0.05, 0) is 24.3 Å². The van der Waals surface area contributed by atoms with Crippen LogP contribution in [0.15, 0.2) is 70.3 Å². The molecule has 154 valence electrons. The molecule has 0 aliphatic carbocycles. The van der Waals surface area contributed by atoms with Gasteiger partial charge in [-0.2, -0.15) is 0 Å². The molecule has 2 aromatic carbocycles. The fraction of sp³-hybridized carbons (Fsp3) is 0.130. The van der Waals surface area contributed by atoms with E-state index in [4.69, 9.17) is 4.74 Å². The van der Waals surface area contributed by atoms with Gasteiger partial charge in [-0.15, -0.1) is 0 Å². The van der Waals surface area contributed by atoms with E-state index in [1.165, 1.54) is 30.8 Å². The van der Waals surface area contributed by atoms with Crippen molar-refractivity contribution < 1.29 is 9.53 Å². The Hall–Kier alpha value is -4.20. The second-order valence-electron chi connectivity index (χ2n) is 7.36. The van der Waals surface area contributed by atoms with E-state index in [1.807, 2.05) is 48.5 Å². The summed E-state index contributed by atoms with van der Waals surface area (Å²) in [5, 5.41) is 3.29. The lowest BCUT2D eigenvalue weighted by Gasteiger charge is -2.28. The van der Waals surface area contributed by atoms with Gasteiger partial charge in [0.25, 0.3) is 11.5 Å². The summed E-state index contributed by atoms with van der Waals surface area (Å²) in [6.07, 6.45) is 0. The molecule has 0 fully saturated rings. The molecule has 8 nitrogen and oxygen atoms in total. The minimum Gasteiger partial charge on any atom is -0.457 e. The zero-order valence-corrected chi connectivity index (χ0v) is 16.8. The third kappa shape index (κ3) is 2.92. The van der Waals surface area contributed by atoms with Crippen LogP contribution in [0.2, 0.25) is 0 Å². The van der Waals surface area contributed by atoms with Crippen LogP contribution in [-0.4, -0.2) is 20.0 Å². The lowest BCUT2D eigenvalue weighted by Crippen LogP contribution is -2.37. The number of rotatable bonds is 2. The van der Waals surface area contributed by atoms with Gasteiger partial charge in [0, 0.05) is 25.2 Å². The number of benzene rings is 2. The van der Waals surface area contributed by atoms with Crippen molar-refractivity contribution in [3.63, 3.8) is 0 Å². The molecule has 3 heterocycles. The summed E-state index contributed by atoms with van der Waals surface area (Å²) in [4.78, 5) is 42.1. The van der Waals surface area contributed by atoms with E-state index in [0.29, 0.717) is 11.5 Å². The van der Waals surface area contributed by atoms with Crippen molar-refractivity contribution in [2.45, 2.75) is 6.04 Å². The first kappa shape index (κ1) is 18.8. The molecule has 8 heteroatoms. The van der Waals surface area contributed by atoms with Crippen molar-refractivity contribution >= 4 is 16.9 Å². The quantitative estimate of drug-likeness (QED) is 0.543. The molecule has 1 amide bonds. The number of aryl methyl sites for hydroxylation is 1. The van der Waals surface area contributed by atoms with Crippen molar-refractivity contribution in [3.8, 4) is 11.5 Å². The Labute approximate surface area is 176 Å². The molecule has 0 atom stereocenters. The first-order valence-corrected chi connectivity index (χ1v) is 9.69. The van der Waals surface area contributed by atoms with Crippen molar-refractivity contribution in [1.29, 1.82) is 0 Å². The lowest BCUT2D eigenvalue weighted by molar-refractivity contribution is 0.0936. The minimum absolute atomic E-state index is 0.109. The van der Waals surface area contributed by atoms with E-state index < -0.39 is 23.2 Å². The number of carbonyl (C=O) groups is 1.